The van der Waals surface area contributed by atoms with Crippen LogP contribution >= 0.6 is 0 Å². The van der Waals surface area contributed by atoms with E-state index in [1.807, 2.05) is 6.07 Å². The summed E-state index contributed by atoms with van der Waals surface area (Å²) in [6.45, 7) is 3.08. The summed E-state index contributed by atoms with van der Waals surface area (Å²) in [5, 5.41) is 3.25. The molecule has 1 rings (SSSR count). The van der Waals surface area contributed by atoms with Crippen LogP contribution in [0, 0.1) is 0 Å². The largest absolute Gasteiger partial charge is 0.464 e. The number of unbranched alkanes of at least 4 members (excludes halogenated alkanes) is 2. The van der Waals surface area contributed by atoms with E-state index in [0.717, 1.165) is 18.7 Å². The molecule has 0 aromatic carbocycles. The number of anilines is 1. The first-order chi connectivity index (χ1) is 7.77. The molecule has 1 N–H and O–H groups in total. The maximum atomic E-state index is 11.2. The van der Waals surface area contributed by atoms with Crippen LogP contribution in [0.4, 0.5) is 5.69 Å². The van der Waals surface area contributed by atoms with Crippen LogP contribution in [0.1, 0.15) is 36.7 Å². The van der Waals surface area contributed by atoms with E-state index in [9.17, 15) is 4.79 Å². The number of hydrogen-bond acceptors (Lipinski definition) is 4. The van der Waals surface area contributed by atoms with Crippen LogP contribution in [-0.4, -0.2) is 24.6 Å². The van der Waals surface area contributed by atoms with Gasteiger partial charge in [0.05, 0.1) is 7.11 Å². The third-order valence-electron chi connectivity index (χ3n) is 2.26. The van der Waals surface area contributed by atoms with Crippen molar-refractivity contribution in [1.29, 1.82) is 0 Å². The molecule has 0 aliphatic heterocycles. The number of carbonyl (C=O) groups excluding carboxylic acids is 1. The van der Waals surface area contributed by atoms with Gasteiger partial charge in [0.1, 0.15) is 5.69 Å². The molecule has 1 aromatic rings. The zero-order valence-corrected chi connectivity index (χ0v) is 9.82. The van der Waals surface area contributed by atoms with Crippen molar-refractivity contribution in [3.8, 4) is 0 Å². The molecule has 88 valence electrons. The third-order valence-corrected chi connectivity index (χ3v) is 2.26. The minimum absolute atomic E-state index is 0.336. The molecule has 0 fully saturated rings. The average molecular weight is 222 g/mol. The van der Waals surface area contributed by atoms with E-state index in [1.54, 1.807) is 12.3 Å². The number of nitrogens with zero attached hydrogens (tertiary/aromatic N) is 1. The van der Waals surface area contributed by atoms with Gasteiger partial charge in [-0.05, 0) is 18.6 Å². The zero-order chi connectivity index (χ0) is 11.8. The Morgan fingerprint density at radius 1 is 1.50 bits per heavy atom. The first-order valence-electron chi connectivity index (χ1n) is 5.56. The Morgan fingerprint density at radius 3 is 3.00 bits per heavy atom. The second kappa shape index (κ2) is 6.82. The Morgan fingerprint density at radius 2 is 2.31 bits per heavy atom. The molecule has 0 aliphatic rings. The second-order valence-electron chi connectivity index (χ2n) is 3.56. The van der Waals surface area contributed by atoms with Crippen molar-refractivity contribution in [1.82, 2.24) is 4.98 Å². The highest BCUT2D eigenvalue weighted by molar-refractivity contribution is 5.88. The topological polar surface area (TPSA) is 51.2 Å². The smallest absolute Gasteiger partial charge is 0.356 e. The molecule has 0 aliphatic carbocycles. The lowest BCUT2D eigenvalue weighted by molar-refractivity contribution is 0.0594. The Hall–Kier alpha value is -1.58. The molecule has 0 radical (unpaired) electrons. The van der Waals surface area contributed by atoms with Crippen molar-refractivity contribution in [2.24, 2.45) is 0 Å². The summed E-state index contributed by atoms with van der Waals surface area (Å²) in [5.41, 5.74) is 1.24. The molecular formula is C12H18N2O2. The van der Waals surface area contributed by atoms with Gasteiger partial charge < -0.3 is 10.1 Å². The fourth-order valence-corrected chi connectivity index (χ4v) is 1.36. The van der Waals surface area contributed by atoms with Crippen molar-refractivity contribution >= 4 is 11.7 Å². The van der Waals surface area contributed by atoms with Gasteiger partial charge in [-0.1, -0.05) is 19.8 Å². The van der Waals surface area contributed by atoms with Crippen LogP contribution in [0.15, 0.2) is 18.3 Å². The number of methoxy groups -OCH3 is 1. The molecule has 16 heavy (non-hydrogen) atoms. The molecule has 1 aromatic heterocycles. The lowest BCUT2D eigenvalue weighted by Crippen LogP contribution is -2.06. The number of aromatic nitrogens is 1. The molecule has 0 spiro atoms. The van der Waals surface area contributed by atoms with Gasteiger partial charge in [0.15, 0.2) is 0 Å². The van der Waals surface area contributed by atoms with Crippen LogP contribution in [0.3, 0.4) is 0 Å². The van der Waals surface area contributed by atoms with Crippen LogP contribution in [0.2, 0.25) is 0 Å². The summed E-state index contributed by atoms with van der Waals surface area (Å²) in [4.78, 5) is 15.2. The molecule has 0 bridgehead atoms. The normalized spacial score (nSPS) is 9.88. The molecule has 4 heteroatoms. The van der Waals surface area contributed by atoms with Crippen LogP contribution < -0.4 is 5.32 Å². The summed E-state index contributed by atoms with van der Waals surface area (Å²) in [5.74, 6) is -0.405. The summed E-state index contributed by atoms with van der Waals surface area (Å²) in [6.07, 6.45) is 5.15. The van der Waals surface area contributed by atoms with Gasteiger partial charge in [-0.3, -0.25) is 0 Å². The van der Waals surface area contributed by atoms with Crippen molar-refractivity contribution in [3.05, 3.63) is 24.0 Å². The Kier molecular flexibility index (Phi) is 5.32. The fraction of sp³-hybridized carbons (Fsp3) is 0.500. The molecule has 0 amide bonds. The van der Waals surface area contributed by atoms with Gasteiger partial charge in [0.2, 0.25) is 0 Å². The lowest BCUT2D eigenvalue weighted by Gasteiger charge is -2.06. The number of hydrogen-bond donors (Lipinski definition) is 1. The maximum Gasteiger partial charge on any atom is 0.356 e. The minimum atomic E-state index is -0.405. The summed E-state index contributed by atoms with van der Waals surface area (Å²) in [6, 6.07) is 3.55. The molecule has 1 heterocycles. The Bertz CT molecular complexity index is 340. The monoisotopic (exact) mass is 222 g/mol. The van der Waals surface area contributed by atoms with E-state index < -0.39 is 5.97 Å². The molecule has 0 atom stereocenters. The van der Waals surface area contributed by atoms with Crippen molar-refractivity contribution in [3.63, 3.8) is 0 Å². The number of rotatable bonds is 6. The maximum absolute atomic E-state index is 11.2. The first-order valence-corrected chi connectivity index (χ1v) is 5.56. The van der Waals surface area contributed by atoms with Gasteiger partial charge in [0.25, 0.3) is 0 Å². The number of carbonyl (C=O) groups is 1. The number of ether oxygens (including phenoxy) is 1. The highest BCUT2D eigenvalue weighted by Crippen LogP contribution is 2.09. The second-order valence-corrected chi connectivity index (χ2v) is 3.56. The van der Waals surface area contributed by atoms with Crippen molar-refractivity contribution in [2.75, 3.05) is 19.0 Å². The van der Waals surface area contributed by atoms with E-state index in [-0.39, 0.29) is 0 Å². The van der Waals surface area contributed by atoms with Gasteiger partial charge in [-0.15, -0.1) is 0 Å². The Balaban J connectivity index is 2.50. The standard InChI is InChI=1S/C12H18N2O2/c1-3-4-5-7-13-10-6-8-14-11(9-10)12(15)16-2/h6,8-9H,3-5,7H2,1-2H3,(H,13,14). The zero-order valence-electron chi connectivity index (χ0n) is 9.82. The van der Waals surface area contributed by atoms with E-state index >= 15 is 0 Å². The highest BCUT2D eigenvalue weighted by atomic mass is 16.5. The van der Waals surface area contributed by atoms with E-state index in [0.29, 0.717) is 5.69 Å². The SMILES string of the molecule is CCCCCNc1ccnc(C(=O)OC)c1. The molecule has 0 unspecified atom stereocenters. The fourth-order valence-electron chi connectivity index (χ4n) is 1.36. The minimum Gasteiger partial charge on any atom is -0.464 e. The average Bonchev–Trinajstić information content (AvgIpc) is 2.34. The first kappa shape index (κ1) is 12.5. The number of nitrogens with one attached hydrogen (secondary N) is 1. The predicted molar refractivity (Wildman–Crippen MR) is 63.6 cm³/mol. The summed E-state index contributed by atoms with van der Waals surface area (Å²) < 4.78 is 4.61. The quantitative estimate of drug-likeness (QED) is 0.593. The molecule has 4 nitrogen and oxygen atoms in total. The Labute approximate surface area is 96.0 Å². The summed E-state index contributed by atoms with van der Waals surface area (Å²) in [7, 11) is 1.35. The van der Waals surface area contributed by atoms with E-state index in [1.165, 1.54) is 20.0 Å². The number of esters is 1. The van der Waals surface area contributed by atoms with Crippen LogP contribution in [0.25, 0.3) is 0 Å². The van der Waals surface area contributed by atoms with Gasteiger partial charge in [-0.2, -0.15) is 0 Å². The third kappa shape index (κ3) is 3.88. The highest BCUT2D eigenvalue weighted by Gasteiger charge is 2.06. The summed E-state index contributed by atoms with van der Waals surface area (Å²) >= 11 is 0. The van der Waals surface area contributed by atoms with Crippen LogP contribution in [0.5, 0.6) is 0 Å². The van der Waals surface area contributed by atoms with Crippen molar-refractivity contribution in [2.45, 2.75) is 26.2 Å². The van der Waals surface area contributed by atoms with E-state index in [4.69, 9.17) is 0 Å². The molecule has 0 saturated carbocycles. The van der Waals surface area contributed by atoms with Crippen LogP contribution in [-0.2, 0) is 4.74 Å². The predicted octanol–water partition coefficient (Wildman–Crippen LogP) is 2.47. The molecule has 0 saturated heterocycles. The lowest BCUT2D eigenvalue weighted by atomic mass is 10.2. The molecular weight excluding hydrogens is 204 g/mol. The van der Waals surface area contributed by atoms with E-state index in [2.05, 4.69) is 22.0 Å². The number of pyridine rings is 1. The van der Waals surface area contributed by atoms with Gasteiger partial charge >= 0.3 is 5.97 Å². The van der Waals surface area contributed by atoms with Gasteiger partial charge in [0, 0.05) is 18.4 Å². The van der Waals surface area contributed by atoms with Crippen molar-refractivity contribution < 1.29 is 9.53 Å². The van der Waals surface area contributed by atoms with Gasteiger partial charge in [-0.25, -0.2) is 9.78 Å².